The molecule has 2 heterocycles. The van der Waals surface area contributed by atoms with Crippen molar-refractivity contribution in [1.29, 1.82) is 0 Å². The van der Waals surface area contributed by atoms with E-state index in [1.54, 1.807) is 32.2 Å². The number of nitrogens with one attached hydrogen (secondary N) is 2. The summed E-state index contributed by atoms with van der Waals surface area (Å²) in [6.07, 6.45) is 0. The van der Waals surface area contributed by atoms with Crippen molar-refractivity contribution in [2.75, 3.05) is 7.11 Å². The molecule has 0 unspecified atom stereocenters. The number of carbonyl (C=O) groups is 1. The summed E-state index contributed by atoms with van der Waals surface area (Å²) in [5.74, 6) is 0.300. The number of hydrazone groups is 1. The largest absolute Gasteiger partial charge is 0.497 e. The summed E-state index contributed by atoms with van der Waals surface area (Å²) in [7, 11) is 1.59. The number of hydrogen-bond donors (Lipinski definition) is 2. The number of aromatic amines is 1. The number of para-hydroxylation sites is 1. The lowest BCUT2D eigenvalue weighted by atomic mass is 10.1. The molecule has 5 rings (SSSR count). The number of ether oxygens (including phenoxy) is 1. The highest BCUT2D eigenvalue weighted by Gasteiger charge is 2.21. The van der Waals surface area contributed by atoms with Crippen molar-refractivity contribution in [1.82, 2.24) is 20.2 Å². The van der Waals surface area contributed by atoms with Crippen LogP contribution in [0.15, 0.2) is 87.2 Å². The monoisotopic (exact) mass is 561 g/mol. The number of thiazole rings is 1. The minimum atomic E-state index is -0.394. The van der Waals surface area contributed by atoms with Crippen molar-refractivity contribution >= 4 is 49.1 Å². The Hall–Kier alpha value is -4.02. The molecule has 10 heteroatoms. The van der Waals surface area contributed by atoms with Crippen LogP contribution >= 0.6 is 27.3 Å². The predicted octanol–water partition coefficient (Wildman–Crippen LogP) is 5.37. The number of hydrogen-bond acceptors (Lipinski definition) is 6. The van der Waals surface area contributed by atoms with Gasteiger partial charge in [0.15, 0.2) is 0 Å². The van der Waals surface area contributed by atoms with E-state index in [1.807, 2.05) is 54.6 Å². The zero-order valence-corrected chi connectivity index (χ0v) is 21.7. The first kappa shape index (κ1) is 23.7. The van der Waals surface area contributed by atoms with Gasteiger partial charge < -0.3 is 4.74 Å². The van der Waals surface area contributed by atoms with Gasteiger partial charge in [-0.3, -0.25) is 14.7 Å². The van der Waals surface area contributed by atoms with Gasteiger partial charge in [0, 0.05) is 10.0 Å². The number of halogens is 1. The molecule has 0 saturated heterocycles. The Morgan fingerprint density at radius 3 is 2.53 bits per heavy atom. The van der Waals surface area contributed by atoms with Gasteiger partial charge in [-0.1, -0.05) is 35.6 Å². The first-order valence-electron chi connectivity index (χ1n) is 10.9. The van der Waals surface area contributed by atoms with Crippen molar-refractivity contribution in [3.05, 3.63) is 98.7 Å². The molecule has 0 aliphatic carbocycles. The minimum Gasteiger partial charge on any atom is -0.497 e. The molecule has 36 heavy (non-hydrogen) atoms. The maximum Gasteiger partial charge on any atom is 0.283 e. The number of H-pyrrole nitrogens is 1. The number of methoxy groups -OCH3 is 1. The van der Waals surface area contributed by atoms with Crippen molar-refractivity contribution in [3.63, 3.8) is 0 Å². The van der Waals surface area contributed by atoms with Crippen LogP contribution in [0.25, 0.3) is 26.6 Å². The molecule has 8 nitrogen and oxygen atoms in total. The minimum absolute atomic E-state index is 0.323. The third kappa shape index (κ3) is 4.48. The summed E-state index contributed by atoms with van der Waals surface area (Å²) < 4.78 is 8.29. The van der Waals surface area contributed by atoms with Crippen LogP contribution < -0.4 is 15.7 Å². The van der Waals surface area contributed by atoms with Crippen molar-refractivity contribution in [3.8, 4) is 22.1 Å². The molecule has 2 N–H and O–H groups in total. The second kappa shape index (κ2) is 9.92. The van der Waals surface area contributed by atoms with Crippen molar-refractivity contribution < 1.29 is 9.53 Å². The van der Waals surface area contributed by atoms with Gasteiger partial charge in [0.25, 0.3) is 11.5 Å². The molecular weight excluding hydrogens is 542 g/mol. The first-order valence-corrected chi connectivity index (χ1v) is 12.5. The summed E-state index contributed by atoms with van der Waals surface area (Å²) in [5, 5.41) is 7.97. The highest BCUT2D eigenvalue weighted by molar-refractivity contribution is 9.10. The Kier molecular flexibility index (Phi) is 6.53. The fourth-order valence-electron chi connectivity index (χ4n) is 3.73. The van der Waals surface area contributed by atoms with Crippen LogP contribution in [0.5, 0.6) is 5.75 Å². The Labute approximate surface area is 218 Å². The molecule has 0 aliphatic heterocycles. The Morgan fingerprint density at radius 1 is 1.08 bits per heavy atom. The van der Waals surface area contributed by atoms with Gasteiger partial charge in [0.2, 0.25) is 5.13 Å². The van der Waals surface area contributed by atoms with Crippen molar-refractivity contribution in [2.45, 2.75) is 6.92 Å². The van der Waals surface area contributed by atoms with E-state index in [4.69, 9.17) is 4.74 Å². The summed E-state index contributed by atoms with van der Waals surface area (Å²) in [4.78, 5) is 30.9. The van der Waals surface area contributed by atoms with Gasteiger partial charge in [-0.25, -0.2) is 10.4 Å². The average Bonchev–Trinajstić information content (AvgIpc) is 3.48. The summed E-state index contributed by atoms with van der Waals surface area (Å²) >= 11 is 4.78. The SMILES string of the molecule is COc1ccc(-c2[nH]n(-c3nc4ccccc4s3)c(=O)c2/C(C)=N/NC(=O)c2ccccc2Br)cc1. The number of aromatic nitrogens is 3. The number of fused-ring (bicyclic) bond motifs is 1. The molecule has 0 bridgehead atoms. The standard InChI is InChI=1S/C26H20BrN5O3S/c1-15(29-30-24(33)18-7-3-4-8-19(18)27)22-23(16-11-13-17(35-2)14-12-16)31-32(25(22)34)26-28-20-9-5-6-10-21(20)36-26/h3-14,31H,1-2H3,(H,30,33)/b29-15+. The van der Waals surface area contributed by atoms with Crippen LogP contribution in [-0.4, -0.2) is 33.5 Å². The molecule has 0 atom stereocenters. The Bertz CT molecular complexity index is 1630. The van der Waals surface area contributed by atoms with E-state index in [0.717, 1.165) is 15.8 Å². The first-order chi connectivity index (χ1) is 17.5. The molecule has 5 aromatic rings. The van der Waals surface area contributed by atoms with Gasteiger partial charge in [0.05, 0.1) is 39.9 Å². The Morgan fingerprint density at radius 2 is 1.81 bits per heavy atom. The lowest BCUT2D eigenvalue weighted by Gasteiger charge is -2.06. The van der Waals surface area contributed by atoms with E-state index in [2.05, 4.69) is 36.5 Å². The lowest BCUT2D eigenvalue weighted by Crippen LogP contribution is -2.23. The zero-order valence-electron chi connectivity index (χ0n) is 19.3. The van der Waals surface area contributed by atoms with Gasteiger partial charge >= 0.3 is 0 Å². The maximum absolute atomic E-state index is 13.6. The van der Waals surface area contributed by atoms with Gasteiger partial charge in [-0.15, -0.1) is 0 Å². The highest BCUT2D eigenvalue weighted by Crippen LogP contribution is 2.27. The van der Waals surface area contributed by atoms with E-state index in [-0.39, 0.29) is 5.56 Å². The fourth-order valence-corrected chi connectivity index (χ4v) is 5.12. The molecule has 0 saturated carbocycles. The van der Waals surface area contributed by atoms with E-state index < -0.39 is 5.91 Å². The van der Waals surface area contributed by atoms with E-state index in [0.29, 0.717) is 37.9 Å². The summed E-state index contributed by atoms with van der Waals surface area (Å²) in [5.41, 5.74) is 5.46. The van der Waals surface area contributed by atoms with Crippen LogP contribution in [0.2, 0.25) is 0 Å². The molecule has 0 radical (unpaired) electrons. The number of benzene rings is 3. The smallest absolute Gasteiger partial charge is 0.283 e. The number of nitrogens with zero attached hydrogens (tertiary/aromatic N) is 3. The van der Waals surface area contributed by atoms with Gasteiger partial charge in [-0.05, 0) is 71.4 Å². The van der Waals surface area contributed by atoms with Crippen molar-refractivity contribution in [2.24, 2.45) is 5.10 Å². The topological polar surface area (TPSA) is 101 Å². The van der Waals surface area contributed by atoms with Gasteiger partial charge in [-0.2, -0.15) is 9.78 Å². The average molecular weight is 562 g/mol. The van der Waals surface area contributed by atoms with E-state index >= 15 is 0 Å². The molecule has 3 aromatic carbocycles. The normalized spacial score (nSPS) is 11.6. The third-order valence-electron chi connectivity index (χ3n) is 5.55. The number of amides is 1. The number of rotatable bonds is 6. The van der Waals surface area contributed by atoms with Crippen LogP contribution in [0.1, 0.15) is 22.8 Å². The van der Waals surface area contributed by atoms with Gasteiger partial charge in [0.1, 0.15) is 5.75 Å². The maximum atomic E-state index is 13.6. The van der Waals surface area contributed by atoms with Crippen LogP contribution in [-0.2, 0) is 0 Å². The second-order valence-corrected chi connectivity index (χ2v) is 9.68. The van der Waals surface area contributed by atoms with E-state index in [9.17, 15) is 9.59 Å². The fraction of sp³-hybridized carbons (Fsp3) is 0.0769. The zero-order chi connectivity index (χ0) is 25.2. The highest BCUT2D eigenvalue weighted by atomic mass is 79.9. The molecule has 0 fully saturated rings. The van der Waals surface area contributed by atoms with E-state index in [1.165, 1.54) is 16.0 Å². The molecule has 0 aliphatic rings. The second-order valence-electron chi connectivity index (χ2n) is 7.81. The molecule has 1 amide bonds. The van der Waals surface area contributed by atoms with Crippen LogP contribution in [0.3, 0.4) is 0 Å². The third-order valence-corrected chi connectivity index (χ3v) is 7.26. The molecule has 180 valence electrons. The van der Waals surface area contributed by atoms with Crippen LogP contribution in [0.4, 0.5) is 0 Å². The number of carbonyl (C=O) groups excluding carboxylic acids is 1. The summed E-state index contributed by atoms with van der Waals surface area (Å²) in [6.45, 7) is 1.68. The molecular formula is C26H20BrN5O3S. The summed E-state index contributed by atoms with van der Waals surface area (Å²) in [6, 6.07) is 22.1. The lowest BCUT2D eigenvalue weighted by molar-refractivity contribution is 0.0954. The molecule has 2 aromatic heterocycles. The van der Waals surface area contributed by atoms with Crippen LogP contribution in [0, 0.1) is 0 Å². The Balaban J connectivity index is 1.59. The molecule has 0 spiro atoms. The quantitative estimate of drug-likeness (QED) is 0.215. The predicted molar refractivity (Wildman–Crippen MR) is 145 cm³/mol.